The Morgan fingerprint density at radius 1 is 0.927 bits per heavy atom. The molecule has 0 bridgehead atoms. The monoisotopic (exact) mass is 755 g/mol. The molecule has 0 radical (unpaired) electrons. The SMILES string of the molecule is C=C(/C=C(\C)O)CCC1c2ccccc2-c2cc(CC(C)(C)C)c([Si](C)(C)C)c[n+]2C1CC(=C)N(C)c1ccccc1Nc1c(C(C)C)cccc1C(C)C. The zero-order valence-corrected chi connectivity index (χ0v) is 37.0. The molecule has 0 aliphatic carbocycles. The average Bonchev–Trinajstić information content (AvgIpc) is 3.09. The third kappa shape index (κ3) is 9.73. The molecule has 2 heterocycles. The number of nitrogens with one attached hydrogen (secondary N) is 1. The fourth-order valence-electron chi connectivity index (χ4n) is 8.50. The molecule has 1 aliphatic heterocycles. The van der Waals surface area contributed by atoms with Crippen molar-refractivity contribution < 1.29 is 9.67 Å². The van der Waals surface area contributed by atoms with E-state index < -0.39 is 8.07 Å². The van der Waals surface area contributed by atoms with Gasteiger partial charge in [-0.2, -0.15) is 4.57 Å². The van der Waals surface area contributed by atoms with E-state index in [1.54, 1.807) is 6.92 Å². The number of aliphatic hydroxyl groups excluding tert-OH is 1. The van der Waals surface area contributed by atoms with Crippen molar-refractivity contribution >= 4 is 30.3 Å². The summed E-state index contributed by atoms with van der Waals surface area (Å²) >= 11 is 0. The molecule has 1 aromatic heterocycles. The minimum atomic E-state index is -1.73. The molecule has 0 amide bonds. The highest BCUT2D eigenvalue weighted by molar-refractivity contribution is 6.89. The van der Waals surface area contributed by atoms with Crippen LogP contribution in [0.25, 0.3) is 11.3 Å². The first-order valence-electron chi connectivity index (χ1n) is 20.4. The van der Waals surface area contributed by atoms with E-state index in [0.717, 1.165) is 48.3 Å². The van der Waals surface area contributed by atoms with E-state index >= 15 is 0 Å². The van der Waals surface area contributed by atoms with Gasteiger partial charge in [-0.05, 0) is 90.0 Å². The molecule has 55 heavy (non-hydrogen) atoms. The number of hydrogen-bond donors (Lipinski definition) is 2. The molecule has 4 nitrogen and oxygen atoms in total. The Bertz CT molecular complexity index is 2030. The fraction of sp³-hybridized carbons (Fsp3) is 0.420. The number of pyridine rings is 1. The molecule has 1 aliphatic rings. The van der Waals surface area contributed by atoms with Crippen molar-refractivity contribution in [1.82, 2.24) is 0 Å². The van der Waals surface area contributed by atoms with Crippen LogP contribution >= 0.6 is 0 Å². The molecule has 5 rings (SSSR count). The van der Waals surface area contributed by atoms with Gasteiger partial charge in [-0.1, -0.05) is 135 Å². The van der Waals surface area contributed by atoms with E-state index in [1.807, 2.05) is 6.08 Å². The summed E-state index contributed by atoms with van der Waals surface area (Å²) in [5, 5.41) is 15.5. The van der Waals surface area contributed by atoms with Crippen LogP contribution in [-0.2, 0) is 6.42 Å². The van der Waals surface area contributed by atoms with Crippen LogP contribution < -0.4 is 20.0 Å². The lowest BCUT2D eigenvalue weighted by atomic mass is 9.77. The first-order valence-corrected chi connectivity index (χ1v) is 23.9. The number of fused-ring (bicyclic) bond motifs is 3. The Hall–Kier alpha value is -4.35. The summed E-state index contributed by atoms with van der Waals surface area (Å²) in [6, 6.07) is 27.1. The molecule has 2 atom stereocenters. The second-order valence-electron chi connectivity index (χ2n) is 18.8. The van der Waals surface area contributed by atoms with E-state index in [0.29, 0.717) is 17.6 Å². The van der Waals surface area contributed by atoms with Gasteiger partial charge in [-0.3, -0.25) is 0 Å². The van der Waals surface area contributed by atoms with E-state index in [-0.39, 0.29) is 17.4 Å². The van der Waals surface area contributed by atoms with Crippen molar-refractivity contribution in [3.05, 3.63) is 138 Å². The Morgan fingerprint density at radius 3 is 2.15 bits per heavy atom. The predicted molar refractivity (Wildman–Crippen MR) is 241 cm³/mol. The highest BCUT2D eigenvalue weighted by Crippen LogP contribution is 2.45. The Balaban J connectivity index is 1.62. The number of aliphatic hydroxyl groups is 1. The van der Waals surface area contributed by atoms with Gasteiger partial charge in [0.05, 0.1) is 31.6 Å². The van der Waals surface area contributed by atoms with Gasteiger partial charge >= 0.3 is 0 Å². The molecule has 0 fully saturated rings. The minimum absolute atomic E-state index is 0.139. The molecular formula is C50H68N3OSi+. The Labute approximate surface area is 334 Å². The molecule has 0 spiro atoms. The lowest BCUT2D eigenvalue weighted by Gasteiger charge is -2.35. The maximum Gasteiger partial charge on any atom is 0.213 e. The van der Waals surface area contributed by atoms with Crippen molar-refractivity contribution in [2.45, 2.75) is 125 Å². The summed E-state index contributed by atoms with van der Waals surface area (Å²) in [6.45, 7) is 34.5. The molecule has 0 saturated carbocycles. The van der Waals surface area contributed by atoms with Crippen LogP contribution in [0.3, 0.4) is 0 Å². The summed E-state index contributed by atoms with van der Waals surface area (Å²) in [6.07, 6.45) is 7.90. The van der Waals surface area contributed by atoms with Gasteiger partial charge in [0.2, 0.25) is 5.69 Å². The summed E-state index contributed by atoms with van der Waals surface area (Å²) < 4.78 is 2.62. The van der Waals surface area contributed by atoms with Gasteiger partial charge in [-0.25, -0.2) is 0 Å². The molecule has 0 saturated heterocycles. The summed E-state index contributed by atoms with van der Waals surface area (Å²) in [7, 11) is 0.444. The average molecular weight is 755 g/mol. The zero-order chi connectivity index (χ0) is 40.4. The van der Waals surface area contributed by atoms with E-state index in [9.17, 15) is 5.11 Å². The van der Waals surface area contributed by atoms with Crippen LogP contribution in [0.4, 0.5) is 17.1 Å². The lowest BCUT2D eigenvalue weighted by molar-refractivity contribution is -0.717. The number of aromatic nitrogens is 1. The van der Waals surface area contributed by atoms with Gasteiger partial charge in [0, 0.05) is 41.2 Å². The van der Waals surface area contributed by atoms with Crippen LogP contribution in [0.5, 0.6) is 0 Å². The third-order valence-electron chi connectivity index (χ3n) is 11.2. The lowest BCUT2D eigenvalue weighted by Crippen LogP contribution is -2.54. The van der Waals surface area contributed by atoms with Crippen molar-refractivity contribution in [3.63, 3.8) is 0 Å². The second kappa shape index (κ2) is 16.8. The topological polar surface area (TPSA) is 39.4 Å². The van der Waals surface area contributed by atoms with Crippen LogP contribution in [0, 0.1) is 5.41 Å². The number of anilines is 3. The zero-order valence-electron chi connectivity index (χ0n) is 36.0. The summed E-state index contributed by atoms with van der Waals surface area (Å²) in [4.78, 5) is 2.30. The Kier molecular flexibility index (Phi) is 12.8. The maximum atomic E-state index is 10.1. The van der Waals surface area contributed by atoms with Gasteiger partial charge in [0.1, 0.15) is 0 Å². The highest BCUT2D eigenvalue weighted by Gasteiger charge is 2.42. The van der Waals surface area contributed by atoms with Gasteiger partial charge in [-0.15, -0.1) is 0 Å². The largest absolute Gasteiger partial charge is 0.513 e. The van der Waals surface area contributed by atoms with Crippen LogP contribution in [0.1, 0.15) is 121 Å². The molecule has 3 aromatic carbocycles. The molecule has 2 N–H and O–H groups in total. The molecule has 5 heteroatoms. The van der Waals surface area contributed by atoms with Gasteiger partial charge in [0.15, 0.2) is 12.2 Å². The van der Waals surface area contributed by atoms with Crippen LogP contribution in [0.15, 0.2) is 115 Å². The third-order valence-corrected chi connectivity index (χ3v) is 13.3. The number of rotatable bonds is 14. The number of allylic oxidation sites excluding steroid dienone is 4. The van der Waals surface area contributed by atoms with E-state index in [2.05, 4.69) is 176 Å². The smallest absolute Gasteiger partial charge is 0.213 e. The summed E-state index contributed by atoms with van der Waals surface area (Å²) in [5.41, 5.74) is 13.7. The second-order valence-corrected chi connectivity index (χ2v) is 23.9. The van der Waals surface area contributed by atoms with Crippen LogP contribution in [0.2, 0.25) is 19.6 Å². The Morgan fingerprint density at radius 2 is 1.55 bits per heavy atom. The van der Waals surface area contributed by atoms with Gasteiger partial charge < -0.3 is 15.3 Å². The fourth-order valence-corrected chi connectivity index (χ4v) is 10.1. The highest BCUT2D eigenvalue weighted by atomic mass is 28.3. The first kappa shape index (κ1) is 41.8. The van der Waals surface area contributed by atoms with Crippen molar-refractivity contribution in [3.8, 4) is 11.3 Å². The summed E-state index contributed by atoms with van der Waals surface area (Å²) in [5.74, 6) is 1.31. The molecular weight excluding hydrogens is 687 g/mol. The number of nitrogens with zero attached hydrogens (tertiary/aromatic N) is 2. The molecule has 2 unspecified atom stereocenters. The van der Waals surface area contributed by atoms with E-state index in [1.165, 1.54) is 44.4 Å². The van der Waals surface area contributed by atoms with Crippen molar-refractivity contribution in [2.24, 2.45) is 5.41 Å². The van der Waals surface area contributed by atoms with Crippen LogP contribution in [-0.4, -0.2) is 20.2 Å². The van der Waals surface area contributed by atoms with Crippen molar-refractivity contribution in [2.75, 3.05) is 17.3 Å². The van der Waals surface area contributed by atoms with Crippen molar-refractivity contribution in [1.29, 1.82) is 0 Å². The number of para-hydroxylation sites is 3. The van der Waals surface area contributed by atoms with E-state index in [4.69, 9.17) is 6.58 Å². The molecule has 292 valence electrons. The van der Waals surface area contributed by atoms with Gasteiger partial charge in [0.25, 0.3) is 0 Å². The quantitative estimate of drug-likeness (QED) is 0.0583. The minimum Gasteiger partial charge on any atom is -0.513 e. The first-order chi connectivity index (χ1) is 25.8. The normalized spacial score (nSPS) is 15.9. The maximum absolute atomic E-state index is 10.1. The molecule has 4 aromatic rings. The predicted octanol–water partition coefficient (Wildman–Crippen LogP) is 13.2. The standard InChI is InChI=1S/C50H67N3OSi/c1-33(2)39-22-19-23-40(34(3)4)49(39)51-44-24-17-18-25-45(44)52(11)36(6)29-46-43(27-26-35(5)28-37(7)54)41-20-15-16-21-42(41)47-30-38(31-50(8,9)10)48(32-53(46)47)55(12,13)14/h15-25,28,30,32-34,43,46,51H,5-6,26-27,29,31H2,1-4,7-14H3/p+1/b37-28+. The number of hydrogen-bond acceptors (Lipinski definition) is 3. The number of benzene rings is 3.